The molecular weight excluding hydrogens is 360 g/mol. The predicted molar refractivity (Wildman–Crippen MR) is 92.3 cm³/mol. The van der Waals surface area contributed by atoms with Crippen LogP contribution in [0.1, 0.15) is 32.6 Å². The summed E-state index contributed by atoms with van der Waals surface area (Å²) in [6.45, 7) is -1.62. The number of imide groups is 1. The summed E-state index contributed by atoms with van der Waals surface area (Å²) < 4.78 is 29.3. The molecule has 146 valence electrons. The fourth-order valence-electron chi connectivity index (χ4n) is 3.74. The Morgan fingerprint density at radius 2 is 2.11 bits per heavy atom. The number of ether oxygens (including phenoxy) is 1. The minimum Gasteiger partial charge on any atom is -0.433 e. The summed E-state index contributed by atoms with van der Waals surface area (Å²) in [6, 6.07) is 5.10. The minimum atomic E-state index is -3.04. The fourth-order valence-corrected chi connectivity index (χ4v) is 3.74. The maximum atomic E-state index is 12.8. The van der Waals surface area contributed by atoms with Crippen molar-refractivity contribution in [3.05, 3.63) is 24.3 Å². The Bertz CT molecular complexity index is 758. The van der Waals surface area contributed by atoms with Crippen molar-refractivity contribution in [2.24, 2.45) is 5.92 Å². The van der Waals surface area contributed by atoms with Crippen LogP contribution in [0.5, 0.6) is 5.75 Å². The van der Waals surface area contributed by atoms with Gasteiger partial charge in [0, 0.05) is 0 Å². The van der Waals surface area contributed by atoms with Crippen LogP contribution < -0.4 is 15.4 Å². The fraction of sp³-hybridized carbons (Fsp3) is 0.500. The molecule has 1 aliphatic carbocycles. The Morgan fingerprint density at radius 3 is 2.81 bits per heavy atom. The molecule has 1 aromatic rings. The smallest absolute Gasteiger partial charge is 0.387 e. The molecule has 2 fully saturated rings. The van der Waals surface area contributed by atoms with E-state index in [-0.39, 0.29) is 17.4 Å². The number of anilines is 1. The van der Waals surface area contributed by atoms with E-state index in [0.717, 1.165) is 24.2 Å². The highest BCUT2D eigenvalue weighted by Gasteiger charge is 2.55. The normalized spacial score (nSPS) is 25.0. The summed E-state index contributed by atoms with van der Waals surface area (Å²) in [6.07, 6.45) is 3.19. The zero-order valence-electron chi connectivity index (χ0n) is 14.8. The zero-order valence-corrected chi connectivity index (χ0v) is 14.8. The number of urea groups is 1. The van der Waals surface area contributed by atoms with Crippen LogP contribution in [0, 0.1) is 5.92 Å². The van der Waals surface area contributed by atoms with Gasteiger partial charge >= 0.3 is 12.6 Å². The number of para-hydroxylation sites is 2. The average Bonchev–Trinajstić information content (AvgIpc) is 2.84. The second-order valence-electron chi connectivity index (χ2n) is 6.86. The van der Waals surface area contributed by atoms with Crippen LogP contribution in [0.3, 0.4) is 0 Å². The summed E-state index contributed by atoms with van der Waals surface area (Å²) in [5.41, 5.74) is -0.914. The number of nitrogens with zero attached hydrogens (tertiary/aromatic N) is 1. The number of rotatable bonds is 5. The van der Waals surface area contributed by atoms with Crippen LogP contribution in [-0.2, 0) is 9.59 Å². The van der Waals surface area contributed by atoms with E-state index in [9.17, 15) is 23.2 Å². The molecule has 0 aromatic heterocycles. The number of hydrogen-bond donors (Lipinski definition) is 2. The number of benzene rings is 1. The van der Waals surface area contributed by atoms with E-state index in [0.29, 0.717) is 6.42 Å². The van der Waals surface area contributed by atoms with Gasteiger partial charge in [-0.05, 0) is 30.9 Å². The molecule has 2 N–H and O–H groups in total. The minimum absolute atomic E-state index is 0.0177. The van der Waals surface area contributed by atoms with Gasteiger partial charge in [-0.1, -0.05) is 31.9 Å². The molecule has 1 saturated heterocycles. The van der Waals surface area contributed by atoms with Crippen LogP contribution in [0.2, 0.25) is 0 Å². The van der Waals surface area contributed by atoms with Gasteiger partial charge in [-0.25, -0.2) is 4.79 Å². The average molecular weight is 381 g/mol. The van der Waals surface area contributed by atoms with E-state index < -0.39 is 36.5 Å². The molecule has 0 bridgehead atoms. The van der Waals surface area contributed by atoms with E-state index in [1.165, 1.54) is 18.2 Å². The van der Waals surface area contributed by atoms with Crippen molar-refractivity contribution in [3.8, 4) is 5.75 Å². The lowest BCUT2D eigenvalue weighted by atomic mass is 9.73. The number of alkyl halides is 2. The third-order valence-corrected chi connectivity index (χ3v) is 5.18. The summed E-state index contributed by atoms with van der Waals surface area (Å²) in [4.78, 5) is 38.3. The quantitative estimate of drug-likeness (QED) is 0.768. The van der Waals surface area contributed by atoms with Crippen LogP contribution in [0.25, 0.3) is 0 Å². The van der Waals surface area contributed by atoms with E-state index >= 15 is 0 Å². The Morgan fingerprint density at radius 1 is 1.37 bits per heavy atom. The van der Waals surface area contributed by atoms with Crippen LogP contribution >= 0.6 is 0 Å². The first-order chi connectivity index (χ1) is 12.8. The van der Waals surface area contributed by atoms with Crippen LogP contribution in [0.4, 0.5) is 19.3 Å². The van der Waals surface area contributed by atoms with Gasteiger partial charge in [-0.3, -0.25) is 14.5 Å². The summed E-state index contributed by atoms with van der Waals surface area (Å²) >= 11 is 0. The molecule has 4 amide bonds. The molecule has 1 saturated carbocycles. The predicted octanol–water partition coefficient (Wildman–Crippen LogP) is 2.73. The lowest BCUT2D eigenvalue weighted by Gasteiger charge is -2.36. The van der Waals surface area contributed by atoms with Crippen molar-refractivity contribution < 1.29 is 27.9 Å². The first-order valence-corrected chi connectivity index (χ1v) is 8.81. The van der Waals surface area contributed by atoms with Gasteiger partial charge in [-0.15, -0.1) is 0 Å². The molecule has 2 atom stereocenters. The van der Waals surface area contributed by atoms with Gasteiger partial charge in [0.05, 0.1) is 5.69 Å². The second-order valence-corrected chi connectivity index (χ2v) is 6.86. The largest absolute Gasteiger partial charge is 0.433 e. The first-order valence-electron chi connectivity index (χ1n) is 8.81. The zero-order chi connectivity index (χ0) is 19.6. The van der Waals surface area contributed by atoms with Gasteiger partial charge < -0.3 is 15.4 Å². The van der Waals surface area contributed by atoms with E-state index in [4.69, 9.17) is 0 Å². The number of carbonyl (C=O) groups is 3. The van der Waals surface area contributed by atoms with Crippen molar-refractivity contribution >= 4 is 23.5 Å². The lowest BCUT2D eigenvalue weighted by Crippen LogP contribution is -2.54. The Labute approximate surface area is 155 Å². The van der Waals surface area contributed by atoms with E-state index in [1.54, 1.807) is 6.07 Å². The maximum absolute atomic E-state index is 12.8. The number of nitrogens with one attached hydrogen (secondary N) is 2. The molecule has 3 rings (SSSR count). The molecule has 0 radical (unpaired) electrons. The van der Waals surface area contributed by atoms with Crippen LogP contribution in [-0.4, -0.2) is 41.4 Å². The van der Waals surface area contributed by atoms with Crippen molar-refractivity contribution in [1.29, 1.82) is 0 Å². The third-order valence-electron chi connectivity index (χ3n) is 5.18. The SMILES string of the molecule is C[C@@H]1CCCC[C@]12NC(=O)N(CC(=O)Nc1ccccc1OC(F)F)C2=O. The molecule has 7 nitrogen and oxygen atoms in total. The van der Waals surface area contributed by atoms with Crippen molar-refractivity contribution in [2.45, 2.75) is 44.8 Å². The Hall–Kier alpha value is -2.71. The van der Waals surface area contributed by atoms with Crippen molar-refractivity contribution in [1.82, 2.24) is 10.2 Å². The van der Waals surface area contributed by atoms with Gasteiger partial charge in [-0.2, -0.15) is 8.78 Å². The number of halogens is 2. The summed E-state index contributed by atoms with van der Waals surface area (Å²) in [5, 5.41) is 5.17. The highest BCUT2D eigenvalue weighted by Crippen LogP contribution is 2.38. The monoisotopic (exact) mass is 381 g/mol. The van der Waals surface area contributed by atoms with Crippen molar-refractivity contribution in [2.75, 3.05) is 11.9 Å². The summed E-state index contributed by atoms with van der Waals surface area (Å²) in [7, 11) is 0. The highest BCUT2D eigenvalue weighted by atomic mass is 19.3. The molecular formula is C18H21F2N3O4. The molecule has 1 spiro atoms. The third kappa shape index (κ3) is 3.72. The highest BCUT2D eigenvalue weighted by molar-refractivity contribution is 6.10. The van der Waals surface area contributed by atoms with Gasteiger partial charge in [0.25, 0.3) is 5.91 Å². The first kappa shape index (κ1) is 19.1. The number of carbonyl (C=O) groups excluding carboxylic acids is 3. The van der Waals surface area contributed by atoms with E-state index in [1.807, 2.05) is 6.92 Å². The maximum Gasteiger partial charge on any atom is 0.387 e. The van der Waals surface area contributed by atoms with E-state index in [2.05, 4.69) is 15.4 Å². The molecule has 0 unspecified atom stereocenters. The van der Waals surface area contributed by atoms with Gasteiger partial charge in [0.15, 0.2) is 0 Å². The molecule has 9 heteroatoms. The molecule has 2 aliphatic rings. The standard InChI is InChI=1S/C18H21F2N3O4/c1-11-6-4-5-9-18(11)15(25)23(17(26)22-18)10-14(24)21-12-7-2-3-8-13(12)27-16(19)20/h2-3,7-8,11,16H,4-6,9-10H2,1H3,(H,21,24)(H,22,26)/t11-,18+/m1/s1. The van der Waals surface area contributed by atoms with Crippen molar-refractivity contribution in [3.63, 3.8) is 0 Å². The number of amides is 4. The van der Waals surface area contributed by atoms with Gasteiger partial charge in [0.2, 0.25) is 5.91 Å². The Kier molecular flexibility index (Phi) is 5.29. The molecule has 1 aromatic carbocycles. The van der Waals surface area contributed by atoms with Gasteiger partial charge in [0.1, 0.15) is 17.8 Å². The number of hydrogen-bond acceptors (Lipinski definition) is 4. The Balaban J connectivity index is 1.70. The topological polar surface area (TPSA) is 87.7 Å². The van der Waals surface area contributed by atoms with Crippen LogP contribution in [0.15, 0.2) is 24.3 Å². The molecule has 1 heterocycles. The lowest BCUT2D eigenvalue weighted by molar-refractivity contribution is -0.136. The molecule has 1 aliphatic heterocycles. The second kappa shape index (κ2) is 7.50. The summed E-state index contributed by atoms with van der Waals surface area (Å²) in [5.74, 6) is -1.30. The molecule has 27 heavy (non-hydrogen) atoms.